The molecular formula is C20H31N5O4+2. The molecule has 0 unspecified atom stereocenters. The average molecular weight is 405 g/mol. The fraction of sp³-hybridized carbons (Fsp3) is 0.800. The Hall–Kier alpha value is -2.16. The molecule has 0 atom stereocenters. The number of nitrogen functional groups attached to an aromatic ring is 1. The van der Waals surface area contributed by atoms with E-state index in [1.54, 1.807) is 22.8 Å². The number of carbonyl (C=O) groups is 2. The molecule has 1 aliphatic heterocycles. The molecule has 9 nitrogen and oxygen atoms in total. The van der Waals surface area contributed by atoms with Crippen LogP contribution in [-0.2, 0) is 9.53 Å². The van der Waals surface area contributed by atoms with E-state index in [0.29, 0.717) is 50.5 Å². The van der Waals surface area contributed by atoms with Crippen molar-refractivity contribution < 1.29 is 23.6 Å². The summed E-state index contributed by atoms with van der Waals surface area (Å²) in [5.41, 5.74) is 5.53. The molecule has 5 fully saturated rings. The molecule has 4 aliphatic carbocycles. The van der Waals surface area contributed by atoms with Crippen LogP contribution in [-0.4, -0.2) is 55.0 Å². The Morgan fingerprint density at radius 1 is 1.24 bits per heavy atom. The predicted octanol–water partition coefficient (Wildman–Crippen LogP) is 1.20. The van der Waals surface area contributed by atoms with Crippen LogP contribution < -0.4 is 15.1 Å². The summed E-state index contributed by atoms with van der Waals surface area (Å²) in [6.45, 7) is 3.93. The Bertz CT molecular complexity index is 778. The van der Waals surface area contributed by atoms with Gasteiger partial charge in [0.1, 0.15) is 4.79 Å². The van der Waals surface area contributed by atoms with Gasteiger partial charge in [0.05, 0.1) is 25.1 Å². The Morgan fingerprint density at radius 3 is 2.31 bits per heavy atom. The second-order valence-electron chi connectivity index (χ2n) is 9.58. The fourth-order valence-corrected chi connectivity index (χ4v) is 6.94. The SMILES string of the molecule is CCOC(=O)N1CC[N+](C(=O)C23CC4CC(CC(C4)C2)C3)([n+]2cc(N)on2)CC1. The van der Waals surface area contributed by atoms with Crippen molar-refractivity contribution in [2.75, 3.05) is 38.5 Å². The third-order valence-electron chi connectivity index (χ3n) is 7.74. The second-order valence-corrected chi connectivity index (χ2v) is 9.58. The lowest BCUT2D eigenvalue weighted by molar-refractivity contribution is -0.862. The summed E-state index contributed by atoms with van der Waals surface area (Å²) in [6, 6.07) is 0. The van der Waals surface area contributed by atoms with E-state index >= 15 is 0 Å². The summed E-state index contributed by atoms with van der Waals surface area (Å²) < 4.78 is 10.4. The van der Waals surface area contributed by atoms with E-state index in [2.05, 4.69) is 5.27 Å². The minimum absolute atomic E-state index is 0.0583. The van der Waals surface area contributed by atoms with Gasteiger partial charge in [-0.1, -0.05) is 0 Å². The molecule has 5 aliphatic rings. The average Bonchev–Trinajstić information content (AvgIpc) is 3.13. The topological polar surface area (TPSA) is 103 Å². The molecule has 158 valence electrons. The highest BCUT2D eigenvalue weighted by molar-refractivity contribution is 5.87. The van der Waals surface area contributed by atoms with E-state index in [0.717, 1.165) is 19.3 Å². The van der Waals surface area contributed by atoms with Crippen LogP contribution in [0.25, 0.3) is 0 Å². The van der Waals surface area contributed by atoms with Gasteiger partial charge in [-0.05, 0) is 67.8 Å². The highest BCUT2D eigenvalue weighted by Gasteiger charge is 2.65. The van der Waals surface area contributed by atoms with Crippen LogP contribution >= 0.6 is 0 Å². The summed E-state index contributed by atoms with van der Waals surface area (Å²) in [6.07, 6.45) is 8.12. The number of hydrogen-bond acceptors (Lipinski definition) is 6. The molecule has 9 heteroatoms. The maximum Gasteiger partial charge on any atom is 0.410 e. The molecule has 0 spiro atoms. The normalized spacial score (nSPS) is 34.9. The molecule has 0 aromatic carbocycles. The predicted molar refractivity (Wildman–Crippen MR) is 103 cm³/mol. The van der Waals surface area contributed by atoms with Crippen molar-refractivity contribution in [1.82, 2.24) is 14.8 Å². The minimum atomic E-state index is -0.322. The van der Waals surface area contributed by atoms with Gasteiger partial charge in [0, 0.05) is 0 Å². The van der Waals surface area contributed by atoms with E-state index in [-0.39, 0.29) is 27.9 Å². The number of aromatic nitrogens is 2. The van der Waals surface area contributed by atoms with Crippen LogP contribution in [0.15, 0.2) is 10.7 Å². The lowest BCUT2D eigenvalue weighted by atomic mass is 9.49. The maximum atomic E-state index is 14.3. The Kier molecular flexibility index (Phi) is 4.34. The minimum Gasteiger partial charge on any atom is -0.450 e. The van der Waals surface area contributed by atoms with E-state index in [1.807, 2.05) is 0 Å². The Balaban J connectivity index is 1.46. The van der Waals surface area contributed by atoms with Crippen LogP contribution in [0, 0.1) is 23.2 Å². The molecular weight excluding hydrogens is 374 g/mol. The van der Waals surface area contributed by atoms with Crippen LogP contribution in [0.3, 0.4) is 0 Å². The van der Waals surface area contributed by atoms with Crippen molar-refractivity contribution in [3.05, 3.63) is 6.20 Å². The van der Waals surface area contributed by atoms with Gasteiger partial charge in [0.25, 0.3) is 5.27 Å². The number of rotatable bonds is 3. The van der Waals surface area contributed by atoms with E-state index in [4.69, 9.17) is 15.0 Å². The molecule has 2 amide bonds. The summed E-state index contributed by atoms with van der Waals surface area (Å²) in [5.74, 6) is 2.46. The highest BCUT2D eigenvalue weighted by Crippen LogP contribution is 2.60. The monoisotopic (exact) mass is 405 g/mol. The number of amides is 2. The van der Waals surface area contributed by atoms with Crippen LogP contribution in [0.5, 0.6) is 0 Å². The van der Waals surface area contributed by atoms with Gasteiger partial charge in [-0.3, -0.25) is 9.42 Å². The molecule has 0 radical (unpaired) electrons. The van der Waals surface area contributed by atoms with Gasteiger partial charge in [-0.15, -0.1) is 0 Å². The van der Waals surface area contributed by atoms with Crippen molar-refractivity contribution in [2.24, 2.45) is 23.2 Å². The first-order valence-electron chi connectivity index (χ1n) is 10.9. The number of nitrogens with zero attached hydrogens (tertiary/aromatic N) is 4. The summed E-state index contributed by atoms with van der Waals surface area (Å²) in [4.78, 5) is 29.7. The molecule has 1 aromatic rings. The molecule has 2 N–H and O–H groups in total. The lowest BCUT2D eigenvalue weighted by Gasteiger charge is -2.55. The number of piperazine rings is 1. The number of hydrogen-bond donors (Lipinski definition) is 1. The first-order valence-corrected chi connectivity index (χ1v) is 10.9. The zero-order valence-corrected chi connectivity index (χ0v) is 17.1. The van der Waals surface area contributed by atoms with Gasteiger partial charge in [-0.2, -0.15) is 0 Å². The van der Waals surface area contributed by atoms with E-state index < -0.39 is 0 Å². The summed E-state index contributed by atoms with van der Waals surface area (Å²) in [7, 11) is 0. The van der Waals surface area contributed by atoms with Crippen molar-refractivity contribution in [1.29, 1.82) is 0 Å². The van der Waals surface area contributed by atoms with Crippen LogP contribution in [0.4, 0.5) is 10.7 Å². The van der Waals surface area contributed by atoms with Crippen molar-refractivity contribution in [2.45, 2.75) is 45.4 Å². The molecule has 4 saturated carbocycles. The molecule has 4 bridgehead atoms. The van der Waals surface area contributed by atoms with Gasteiger partial charge in [0.15, 0.2) is 13.1 Å². The van der Waals surface area contributed by atoms with Crippen molar-refractivity contribution in [3.8, 4) is 0 Å². The zero-order valence-electron chi connectivity index (χ0n) is 17.1. The first kappa shape index (κ1) is 18.8. The van der Waals surface area contributed by atoms with Crippen molar-refractivity contribution >= 4 is 17.9 Å². The highest BCUT2D eigenvalue weighted by atomic mass is 16.6. The number of ether oxygens (including phenoxy) is 1. The number of quaternary nitrogens is 1. The van der Waals surface area contributed by atoms with Gasteiger partial charge in [0.2, 0.25) is 0 Å². The second kappa shape index (κ2) is 6.68. The van der Waals surface area contributed by atoms with Crippen LogP contribution in [0.2, 0.25) is 0 Å². The summed E-state index contributed by atoms with van der Waals surface area (Å²) >= 11 is 0. The number of anilines is 1. The third-order valence-corrected chi connectivity index (χ3v) is 7.74. The van der Waals surface area contributed by atoms with Crippen LogP contribution in [0.1, 0.15) is 45.4 Å². The maximum absolute atomic E-state index is 14.3. The third kappa shape index (κ3) is 2.93. The molecule has 29 heavy (non-hydrogen) atoms. The quantitative estimate of drug-likeness (QED) is 0.599. The Labute approximate surface area is 170 Å². The Morgan fingerprint density at radius 2 is 1.83 bits per heavy atom. The fourth-order valence-electron chi connectivity index (χ4n) is 6.94. The molecule has 1 aromatic heterocycles. The molecule has 1 saturated heterocycles. The number of nitrogens with two attached hydrogens (primary N) is 1. The largest absolute Gasteiger partial charge is 0.450 e. The summed E-state index contributed by atoms with van der Waals surface area (Å²) in [5, 5.41) is 4.10. The first-order chi connectivity index (χ1) is 13.9. The van der Waals surface area contributed by atoms with E-state index in [1.165, 1.54) is 19.3 Å². The van der Waals surface area contributed by atoms with E-state index in [9.17, 15) is 9.59 Å². The van der Waals surface area contributed by atoms with Gasteiger partial charge >= 0.3 is 24.1 Å². The zero-order chi connectivity index (χ0) is 20.2. The molecule has 6 rings (SSSR count). The molecule has 2 heterocycles. The van der Waals surface area contributed by atoms with Crippen molar-refractivity contribution in [3.63, 3.8) is 0 Å². The van der Waals surface area contributed by atoms with Gasteiger partial charge in [-0.25, -0.2) is 9.59 Å². The standard InChI is InChI=1S/C20H31N5O4/c1-2-28-19(27)23-3-5-25(6-4-23,24-13-17(21)29-22-24)18(26)20-10-14-7-15(11-20)9-16(8-14)12-20/h13-16H,2-12,21H2,1H3/q+2. The van der Waals surface area contributed by atoms with Gasteiger partial charge < -0.3 is 10.5 Å². The smallest absolute Gasteiger partial charge is 0.410 e. The lowest BCUT2D eigenvalue weighted by Crippen LogP contribution is -2.85. The number of carbonyl (C=O) groups excluding carboxylic acids is 2.